The van der Waals surface area contributed by atoms with Crippen molar-refractivity contribution >= 4 is 24.1 Å². The van der Waals surface area contributed by atoms with Crippen molar-refractivity contribution in [3.8, 4) is 0 Å². The largest absolute Gasteiger partial charge is 0.463 e. The number of hydrogen-bond donors (Lipinski definition) is 0. The zero-order valence-electron chi connectivity index (χ0n) is 12.6. The molecule has 0 aliphatic heterocycles. The Labute approximate surface area is 125 Å². The van der Waals surface area contributed by atoms with Crippen molar-refractivity contribution in [2.45, 2.75) is 20.8 Å². The predicted octanol–water partition coefficient (Wildman–Crippen LogP) is 3.23. The minimum absolute atomic E-state index is 0.247. The highest BCUT2D eigenvalue weighted by Crippen LogP contribution is 2.12. The molecule has 1 rings (SSSR count). The first-order valence-corrected chi connectivity index (χ1v) is 6.78. The van der Waals surface area contributed by atoms with Gasteiger partial charge in [0.05, 0.1) is 6.61 Å². The molecule has 0 atom stereocenters. The highest BCUT2D eigenvalue weighted by atomic mass is 16.5. The summed E-state index contributed by atoms with van der Waals surface area (Å²) in [7, 11) is 0. The van der Waals surface area contributed by atoms with E-state index in [1.165, 1.54) is 6.92 Å². The van der Waals surface area contributed by atoms with Crippen LogP contribution in [0.5, 0.6) is 0 Å². The maximum Gasteiger partial charge on any atom is 0.333 e. The molecule has 0 aliphatic carbocycles. The summed E-state index contributed by atoms with van der Waals surface area (Å²) in [6, 6.07) is 7.68. The molecule has 0 N–H and O–H groups in total. The molecule has 0 amide bonds. The number of carbonyl (C=O) groups is 2. The van der Waals surface area contributed by atoms with Crippen molar-refractivity contribution in [2.75, 3.05) is 13.2 Å². The minimum Gasteiger partial charge on any atom is -0.463 e. The van der Waals surface area contributed by atoms with E-state index in [1.54, 1.807) is 26.0 Å². The van der Waals surface area contributed by atoms with Crippen LogP contribution >= 0.6 is 0 Å². The van der Waals surface area contributed by atoms with Crippen molar-refractivity contribution in [1.29, 1.82) is 0 Å². The third-order valence-electron chi connectivity index (χ3n) is 2.58. The first-order chi connectivity index (χ1) is 10.0. The van der Waals surface area contributed by atoms with Gasteiger partial charge < -0.3 is 9.47 Å². The van der Waals surface area contributed by atoms with Crippen molar-refractivity contribution in [1.82, 2.24) is 0 Å². The molecule has 0 aromatic heterocycles. The Kier molecular flexibility index (Phi) is 6.95. The smallest absolute Gasteiger partial charge is 0.333 e. The summed E-state index contributed by atoms with van der Waals surface area (Å²) in [6.07, 6.45) is 5.41. The maximum atomic E-state index is 11.6. The van der Waals surface area contributed by atoms with Crippen LogP contribution in [0.2, 0.25) is 0 Å². The predicted molar refractivity (Wildman–Crippen MR) is 82.4 cm³/mol. The van der Waals surface area contributed by atoms with Gasteiger partial charge in [-0.1, -0.05) is 24.3 Å². The van der Waals surface area contributed by atoms with Crippen molar-refractivity contribution < 1.29 is 19.1 Å². The molecule has 21 heavy (non-hydrogen) atoms. The van der Waals surface area contributed by atoms with Crippen LogP contribution in [0.3, 0.4) is 0 Å². The average molecular weight is 288 g/mol. The fraction of sp³-hybridized carbons (Fsp3) is 0.294. The summed E-state index contributed by atoms with van der Waals surface area (Å²) < 4.78 is 9.76. The van der Waals surface area contributed by atoms with Crippen LogP contribution in [0.4, 0.5) is 0 Å². The molecule has 4 heteroatoms. The van der Waals surface area contributed by atoms with Crippen LogP contribution in [0.15, 0.2) is 35.9 Å². The van der Waals surface area contributed by atoms with Crippen LogP contribution < -0.4 is 0 Å². The zero-order valence-corrected chi connectivity index (χ0v) is 12.6. The molecule has 0 heterocycles. The van der Waals surface area contributed by atoms with Crippen molar-refractivity contribution in [3.05, 3.63) is 47.0 Å². The molecule has 0 bridgehead atoms. The Balaban J connectivity index is 2.74. The van der Waals surface area contributed by atoms with Gasteiger partial charge in [-0.25, -0.2) is 4.79 Å². The highest BCUT2D eigenvalue weighted by Gasteiger charge is 2.04. The van der Waals surface area contributed by atoms with E-state index in [4.69, 9.17) is 9.47 Å². The number of carbonyl (C=O) groups excluding carboxylic acids is 2. The second kappa shape index (κ2) is 8.74. The van der Waals surface area contributed by atoms with Crippen LogP contribution in [-0.4, -0.2) is 25.2 Å². The van der Waals surface area contributed by atoms with Gasteiger partial charge in [0.15, 0.2) is 0 Å². The topological polar surface area (TPSA) is 52.6 Å². The molecule has 0 fully saturated rings. The highest BCUT2D eigenvalue weighted by molar-refractivity contribution is 5.93. The summed E-state index contributed by atoms with van der Waals surface area (Å²) in [5, 5.41) is 0. The normalized spacial score (nSPS) is 11.5. The first kappa shape index (κ1) is 16.7. The Morgan fingerprint density at radius 1 is 1.14 bits per heavy atom. The molecule has 1 aromatic rings. The molecule has 0 spiro atoms. The molecule has 1 aromatic carbocycles. The van der Waals surface area contributed by atoms with Crippen LogP contribution in [0, 0.1) is 0 Å². The second-order valence-corrected chi connectivity index (χ2v) is 4.42. The third kappa shape index (κ3) is 6.56. The lowest BCUT2D eigenvalue weighted by atomic mass is 10.1. The van der Waals surface area contributed by atoms with E-state index in [0.717, 1.165) is 11.1 Å². The monoisotopic (exact) mass is 288 g/mol. The van der Waals surface area contributed by atoms with Gasteiger partial charge in [-0.2, -0.15) is 0 Å². The average Bonchev–Trinajstić information content (AvgIpc) is 2.44. The molecular weight excluding hydrogens is 268 g/mol. The lowest BCUT2D eigenvalue weighted by molar-refractivity contribution is -0.140. The second-order valence-electron chi connectivity index (χ2n) is 4.42. The molecule has 0 aliphatic rings. The summed E-state index contributed by atoms with van der Waals surface area (Å²) in [6.45, 7) is 5.48. The van der Waals surface area contributed by atoms with Crippen LogP contribution in [0.25, 0.3) is 12.2 Å². The summed E-state index contributed by atoms with van der Waals surface area (Å²) >= 11 is 0. The van der Waals surface area contributed by atoms with E-state index in [1.807, 2.05) is 30.3 Å². The Bertz CT molecular complexity index is 556. The van der Waals surface area contributed by atoms with E-state index in [-0.39, 0.29) is 18.5 Å². The Hall–Kier alpha value is -2.36. The maximum absolute atomic E-state index is 11.6. The lowest BCUT2D eigenvalue weighted by Crippen LogP contribution is -2.04. The SMILES string of the molecule is CCOC(=O)C(C)=Cc1cccc(/C=C/COC(C)=O)c1. The van der Waals surface area contributed by atoms with Crippen LogP contribution in [-0.2, 0) is 19.1 Å². The molecule has 112 valence electrons. The standard InChI is InChI=1S/C17H20O4/c1-4-20-17(19)13(2)11-16-8-5-7-15(12-16)9-6-10-21-14(3)18/h5-9,11-12H,4,10H2,1-3H3/b9-6+,13-11?. The summed E-state index contributed by atoms with van der Waals surface area (Å²) in [5.74, 6) is -0.616. The molecular formula is C17H20O4. The molecule has 0 saturated carbocycles. The Morgan fingerprint density at radius 2 is 1.86 bits per heavy atom. The first-order valence-electron chi connectivity index (χ1n) is 6.78. The van der Waals surface area contributed by atoms with Gasteiger partial charge in [0, 0.05) is 12.5 Å². The Morgan fingerprint density at radius 3 is 2.52 bits per heavy atom. The molecule has 0 saturated heterocycles. The number of hydrogen-bond acceptors (Lipinski definition) is 4. The third-order valence-corrected chi connectivity index (χ3v) is 2.58. The fourth-order valence-corrected chi connectivity index (χ4v) is 1.66. The van der Waals surface area contributed by atoms with Crippen molar-refractivity contribution in [2.24, 2.45) is 0 Å². The van der Waals surface area contributed by atoms with E-state index in [2.05, 4.69) is 0 Å². The van der Waals surface area contributed by atoms with E-state index in [9.17, 15) is 9.59 Å². The number of rotatable bonds is 6. The van der Waals surface area contributed by atoms with Gasteiger partial charge in [-0.05, 0) is 43.2 Å². The zero-order chi connectivity index (χ0) is 15.7. The lowest BCUT2D eigenvalue weighted by Gasteiger charge is -2.02. The van der Waals surface area contributed by atoms with E-state index >= 15 is 0 Å². The van der Waals surface area contributed by atoms with Gasteiger partial charge in [0.25, 0.3) is 0 Å². The number of esters is 2. The number of ether oxygens (including phenoxy) is 2. The summed E-state index contributed by atoms with van der Waals surface area (Å²) in [5.41, 5.74) is 2.43. The quantitative estimate of drug-likeness (QED) is 0.595. The minimum atomic E-state index is -0.312. The fourth-order valence-electron chi connectivity index (χ4n) is 1.66. The van der Waals surface area contributed by atoms with E-state index in [0.29, 0.717) is 12.2 Å². The van der Waals surface area contributed by atoms with E-state index < -0.39 is 0 Å². The summed E-state index contributed by atoms with van der Waals surface area (Å²) in [4.78, 5) is 22.2. The molecule has 4 nitrogen and oxygen atoms in total. The van der Waals surface area contributed by atoms with Gasteiger partial charge in [0.1, 0.15) is 6.61 Å². The van der Waals surface area contributed by atoms with Crippen LogP contribution in [0.1, 0.15) is 31.9 Å². The van der Waals surface area contributed by atoms with Gasteiger partial charge >= 0.3 is 11.9 Å². The van der Waals surface area contributed by atoms with Gasteiger partial charge in [-0.3, -0.25) is 4.79 Å². The van der Waals surface area contributed by atoms with Crippen molar-refractivity contribution in [3.63, 3.8) is 0 Å². The molecule has 0 radical (unpaired) electrons. The number of benzene rings is 1. The van der Waals surface area contributed by atoms with Gasteiger partial charge in [-0.15, -0.1) is 0 Å². The molecule has 0 unspecified atom stereocenters. The van der Waals surface area contributed by atoms with Gasteiger partial charge in [0.2, 0.25) is 0 Å².